The fourth-order valence-corrected chi connectivity index (χ4v) is 2.48. The van der Waals surface area contributed by atoms with E-state index in [4.69, 9.17) is 4.42 Å². The van der Waals surface area contributed by atoms with E-state index in [1.807, 2.05) is 30.3 Å². The van der Waals surface area contributed by atoms with E-state index in [0.29, 0.717) is 25.3 Å². The molecule has 2 N–H and O–H groups in total. The Balaban J connectivity index is 1.51. The van der Waals surface area contributed by atoms with Crippen molar-refractivity contribution < 1.29 is 14.0 Å². The van der Waals surface area contributed by atoms with E-state index in [1.54, 1.807) is 23.3 Å². The van der Waals surface area contributed by atoms with Crippen LogP contribution in [0, 0.1) is 0 Å². The Hall–Kier alpha value is -2.76. The van der Waals surface area contributed by atoms with Crippen LogP contribution in [0.5, 0.6) is 0 Å². The molecule has 1 aliphatic rings. The second-order valence-electron chi connectivity index (χ2n) is 5.15. The highest BCUT2D eigenvalue weighted by atomic mass is 16.3. The Morgan fingerprint density at radius 1 is 1.23 bits per heavy atom. The average molecular weight is 299 g/mol. The molecule has 3 amide bonds. The van der Waals surface area contributed by atoms with E-state index in [1.165, 1.54) is 0 Å². The molecule has 1 aromatic heterocycles. The highest BCUT2D eigenvalue weighted by Gasteiger charge is 2.31. The molecule has 0 aliphatic carbocycles. The van der Waals surface area contributed by atoms with Gasteiger partial charge in [-0.05, 0) is 24.3 Å². The summed E-state index contributed by atoms with van der Waals surface area (Å²) in [5.74, 6) is 0.700. The van der Waals surface area contributed by atoms with Gasteiger partial charge < -0.3 is 20.0 Å². The van der Waals surface area contributed by atoms with Crippen molar-refractivity contribution in [3.63, 3.8) is 0 Å². The summed E-state index contributed by atoms with van der Waals surface area (Å²) in [5.41, 5.74) is 0.854. The zero-order chi connectivity index (χ0) is 15.4. The summed E-state index contributed by atoms with van der Waals surface area (Å²) in [5, 5.41) is 5.53. The zero-order valence-corrected chi connectivity index (χ0v) is 12.0. The first-order valence-corrected chi connectivity index (χ1v) is 7.14. The van der Waals surface area contributed by atoms with Gasteiger partial charge >= 0.3 is 6.03 Å². The third-order valence-corrected chi connectivity index (χ3v) is 3.53. The first-order valence-electron chi connectivity index (χ1n) is 7.14. The van der Waals surface area contributed by atoms with Crippen LogP contribution in [0.3, 0.4) is 0 Å². The number of rotatable bonds is 4. The second kappa shape index (κ2) is 6.34. The van der Waals surface area contributed by atoms with E-state index in [0.717, 1.165) is 5.69 Å². The van der Waals surface area contributed by atoms with E-state index in [2.05, 4.69) is 10.6 Å². The van der Waals surface area contributed by atoms with Gasteiger partial charge in [-0.1, -0.05) is 18.2 Å². The number of furan rings is 1. The lowest BCUT2D eigenvalue weighted by Crippen LogP contribution is -2.43. The maximum Gasteiger partial charge on any atom is 0.315 e. The fraction of sp³-hybridized carbons (Fsp3) is 0.250. The monoisotopic (exact) mass is 299 g/mol. The van der Waals surface area contributed by atoms with Crippen LogP contribution in [0.25, 0.3) is 0 Å². The number of benzene rings is 1. The summed E-state index contributed by atoms with van der Waals surface area (Å²) >= 11 is 0. The molecule has 0 unspecified atom stereocenters. The van der Waals surface area contributed by atoms with Gasteiger partial charge in [-0.15, -0.1) is 0 Å². The van der Waals surface area contributed by atoms with Gasteiger partial charge in [0.15, 0.2) is 0 Å². The Morgan fingerprint density at radius 2 is 2.05 bits per heavy atom. The van der Waals surface area contributed by atoms with Crippen molar-refractivity contribution >= 4 is 17.6 Å². The lowest BCUT2D eigenvalue weighted by Gasteiger charge is -2.17. The molecule has 1 aromatic carbocycles. The molecule has 2 heterocycles. The lowest BCUT2D eigenvalue weighted by atomic mass is 10.2. The van der Waals surface area contributed by atoms with Gasteiger partial charge in [0.05, 0.1) is 18.8 Å². The number of amides is 3. The molecule has 1 fully saturated rings. The average Bonchev–Trinajstić information content (AvgIpc) is 3.16. The van der Waals surface area contributed by atoms with Crippen LogP contribution in [-0.4, -0.2) is 24.5 Å². The minimum Gasteiger partial charge on any atom is -0.467 e. The van der Waals surface area contributed by atoms with Crippen molar-refractivity contribution in [2.75, 3.05) is 11.4 Å². The van der Waals surface area contributed by atoms with Crippen LogP contribution in [0.4, 0.5) is 10.5 Å². The van der Waals surface area contributed by atoms with E-state index in [-0.39, 0.29) is 18.0 Å². The van der Waals surface area contributed by atoms with Gasteiger partial charge in [0, 0.05) is 18.7 Å². The van der Waals surface area contributed by atoms with Crippen LogP contribution in [-0.2, 0) is 11.3 Å². The lowest BCUT2D eigenvalue weighted by molar-refractivity contribution is -0.117. The first kappa shape index (κ1) is 14.2. The summed E-state index contributed by atoms with van der Waals surface area (Å²) in [6.45, 7) is 0.804. The third kappa shape index (κ3) is 3.28. The molecule has 0 bridgehead atoms. The second-order valence-corrected chi connectivity index (χ2v) is 5.15. The fourth-order valence-electron chi connectivity index (χ4n) is 2.48. The molecule has 6 heteroatoms. The van der Waals surface area contributed by atoms with Crippen molar-refractivity contribution in [2.45, 2.75) is 19.0 Å². The van der Waals surface area contributed by atoms with Crippen LogP contribution < -0.4 is 15.5 Å². The molecule has 0 saturated carbocycles. The molecular weight excluding hydrogens is 282 g/mol. The number of hydrogen-bond acceptors (Lipinski definition) is 3. The number of urea groups is 1. The Bertz CT molecular complexity index is 640. The summed E-state index contributed by atoms with van der Waals surface area (Å²) < 4.78 is 5.14. The van der Waals surface area contributed by atoms with Gasteiger partial charge in [-0.25, -0.2) is 4.79 Å². The van der Waals surface area contributed by atoms with Crippen LogP contribution in [0.15, 0.2) is 53.1 Å². The van der Waals surface area contributed by atoms with E-state index >= 15 is 0 Å². The minimum atomic E-state index is -0.302. The molecule has 1 atom stereocenters. The van der Waals surface area contributed by atoms with Crippen molar-refractivity contribution in [3.8, 4) is 0 Å². The van der Waals surface area contributed by atoms with Crippen molar-refractivity contribution in [3.05, 3.63) is 54.5 Å². The Kier molecular flexibility index (Phi) is 4.09. The largest absolute Gasteiger partial charge is 0.467 e. The predicted octanol–water partition coefficient (Wildman–Crippen LogP) is 1.88. The Labute approximate surface area is 128 Å². The number of para-hydroxylation sites is 1. The van der Waals surface area contributed by atoms with Crippen LogP contribution in [0.1, 0.15) is 12.2 Å². The molecule has 0 spiro atoms. The third-order valence-electron chi connectivity index (χ3n) is 3.53. The maximum absolute atomic E-state index is 12.1. The number of nitrogens with zero attached hydrogens (tertiary/aromatic N) is 1. The number of carbonyl (C=O) groups is 2. The van der Waals surface area contributed by atoms with Gasteiger partial charge in [0.25, 0.3) is 0 Å². The van der Waals surface area contributed by atoms with E-state index < -0.39 is 0 Å². The predicted molar refractivity (Wildman–Crippen MR) is 81.3 cm³/mol. The molecule has 22 heavy (non-hydrogen) atoms. The molecule has 6 nitrogen and oxygen atoms in total. The molecular formula is C16H17N3O3. The smallest absolute Gasteiger partial charge is 0.315 e. The van der Waals surface area contributed by atoms with Gasteiger partial charge in [-0.3, -0.25) is 4.79 Å². The number of carbonyl (C=O) groups excluding carboxylic acids is 2. The van der Waals surface area contributed by atoms with Gasteiger partial charge in [0.2, 0.25) is 5.91 Å². The molecule has 0 radical (unpaired) electrons. The molecule has 1 aliphatic heterocycles. The number of anilines is 1. The first-order chi connectivity index (χ1) is 10.7. The molecule has 114 valence electrons. The summed E-state index contributed by atoms with van der Waals surface area (Å²) in [4.78, 5) is 25.6. The normalized spacial score (nSPS) is 17.5. The SMILES string of the molecule is O=C(NCc1ccco1)N[C@H]1CC(=O)N(c2ccccc2)C1. The van der Waals surface area contributed by atoms with Gasteiger partial charge in [0.1, 0.15) is 5.76 Å². The van der Waals surface area contributed by atoms with Gasteiger partial charge in [-0.2, -0.15) is 0 Å². The van der Waals surface area contributed by atoms with Crippen molar-refractivity contribution in [2.24, 2.45) is 0 Å². The molecule has 1 saturated heterocycles. The van der Waals surface area contributed by atoms with E-state index in [9.17, 15) is 9.59 Å². The summed E-state index contributed by atoms with van der Waals surface area (Å²) in [7, 11) is 0. The molecule has 3 rings (SSSR count). The van der Waals surface area contributed by atoms with Crippen molar-refractivity contribution in [1.29, 1.82) is 0 Å². The highest BCUT2D eigenvalue weighted by molar-refractivity contribution is 5.96. The zero-order valence-electron chi connectivity index (χ0n) is 12.0. The maximum atomic E-state index is 12.1. The number of nitrogens with one attached hydrogen (secondary N) is 2. The van der Waals surface area contributed by atoms with Crippen molar-refractivity contribution in [1.82, 2.24) is 10.6 Å². The minimum absolute atomic E-state index is 0.0162. The van der Waals surface area contributed by atoms with Crippen LogP contribution in [0.2, 0.25) is 0 Å². The van der Waals surface area contributed by atoms with Crippen LogP contribution >= 0.6 is 0 Å². The number of hydrogen-bond donors (Lipinski definition) is 2. The Morgan fingerprint density at radius 3 is 2.77 bits per heavy atom. The summed E-state index contributed by atoms with van der Waals surface area (Å²) in [6, 6.07) is 12.5. The topological polar surface area (TPSA) is 74.6 Å². The quantitative estimate of drug-likeness (QED) is 0.905. The highest BCUT2D eigenvalue weighted by Crippen LogP contribution is 2.20. The molecule has 2 aromatic rings. The summed E-state index contributed by atoms with van der Waals surface area (Å²) in [6.07, 6.45) is 1.87. The standard InChI is InChI=1S/C16H17N3O3/c20-15-9-12(11-19(15)13-5-2-1-3-6-13)18-16(21)17-10-14-7-4-8-22-14/h1-8,12H,9-11H2,(H2,17,18,21)/t12-/m0/s1.